The van der Waals surface area contributed by atoms with Crippen LogP contribution in [0.15, 0.2) is 30.6 Å². The lowest BCUT2D eigenvalue weighted by molar-refractivity contribution is -0.121. The summed E-state index contributed by atoms with van der Waals surface area (Å²) in [4.78, 5) is 11.3. The Bertz CT molecular complexity index is 667. The quantitative estimate of drug-likeness (QED) is 0.912. The van der Waals surface area contributed by atoms with Crippen molar-refractivity contribution in [2.45, 2.75) is 25.4 Å². The Kier molecular flexibility index (Phi) is 3.84. The van der Waals surface area contributed by atoms with Crippen molar-refractivity contribution in [3.63, 3.8) is 0 Å². The van der Waals surface area contributed by atoms with Crippen LogP contribution in [0.1, 0.15) is 23.6 Å². The topological polar surface area (TPSA) is 59.0 Å². The molecule has 1 heterocycles. The second-order valence-corrected chi connectivity index (χ2v) is 5.61. The number of carbonyl (C=O) groups is 1. The first-order valence-corrected chi connectivity index (χ1v) is 7.31. The van der Waals surface area contributed by atoms with E-state index in [1.165, 1.54) is 11.1 Å². The van der Waals surface area contributed by atoms with Gasteiger partial charge in [0, 0.05) is 18.3 Å². The molecule has 2 N–H and O–H groups in total. The maximum atomic E-state index is 11.3. The van der Waals surface area contributed by atoms with Gasteiger partial charge in [0.15, 0.2) is 0 Å². The van der Waals surface area contributed by atoms with Crippen LogP contribution in [0.3, 0.4) is 0 Å². The number of fused-ring (bicyclic) bond motifs is 1. The molecule has 1 atom stereocenters. The number of benzene rings is 1. The highest BCUT2D eigenvalue weighted by atomic mass is 35.5. The van der Waals surface area contributed by atoms with Gasteiger partial charge in [-0.05, 0) is 36.1 Å². The molecule has 1 aromatic heterocycles. The minimum absolute atomic E-state index is 0.0643. The Hall–Kier alpha value is -2.01. The summed E-state index contributed by atoms with van der Waals surface area (Å²) in [6.07, 6.45) is 5.66. The Labute approximate surface area is 128 Å². The first kappa shape index (κ1) is 13.9. The number of aromatic nitrogens is 2. The van der Waals surface area contributed by atoms with Gasteiger partial charge in [-0.15, -0.1) is 0 Å². The molecule has 0 saturated heterocycles. The molecule has 3 rings (SSSR count). The fourth-order valence-corrected chi connectivity index (χ4v) is 2.88. The van der Waals surface area contributed by atoms with Crippen molar-refractivity contribution in [1.82, 2.24) is 15.1 Å². The third kappa shape index (κ3) is 3.03. The molecule has 1 aliphatic rings. The van der Waals surface area contributed by atoms with E-state index in [0.717, 1.165) is 23.6 Å². The number of nitrogens with zero attached hydrogens (tertiary/aromatic N) is 2. The van der Waals surface area contributed by atoms with Crippen LogP contribution in [0.2, 0.25) is 5.02 Å². The van der Waals surface area contributed by atoms with Crippen LogP contribution in [0.5, 0.6) is 0 Å². The average Bonchev–Trinajstić information content (AvgIpc) is 3.06. The van der Waals surface area contributed by atoms with E-state index >= 15 is 0 Å². The molecule has 2 aromatic rings. The van der Waals surface area contributed by atoms with Gasteiger partial charge in [0.25, 0.3) is 0 Å². The first-order chi connectivity index (χ1) is 10.2. The number of amides is 1. The molecule has 21 heavy (non-hydrogen) atoms. The summed E-state index contributed by atoms with van der Waals surface area (Å²) in [5.74, 6) is -0.0643. The van der Waals surface area contributed by atoms with E-state index in [9.17, 15) is 4.79 Å². The number of hydrogen-bond donors (Lipinski definition) is 2. The number of aryl methyl sites for hydroxylation is 1. The maximum Gasteiger partial charge on any atom is 0.241 e. The summed E-state index contributed by atoms with van der Waals surface area (Å²) < 4.78 is 1.62. The number of nitrogens with one attached hydrogen (secondary N) is 2. The first-order valence-electron chi connectivity index (χ1n) is 6.93. The van der Waals surface area contributed by atoms with Crippen LogP contribution in [-0.4, -0.2) is 22.7 Å². The van der Waals surface area contributed by atoms with Crippen molar-refractivity contribution >= 4 is 23.2 Å². The van der Waals surface area contributed by atoms with Gasteiger partial charge in [0.1, 0.15) is 6.54 Å². The van der Waals surface area contributed by atoms with Gasteiger partial charge >= 0.3 is 0 Å². The van der Waals surface area contributed by atoms with Crippen molar-refractivity contribution in [2.24, 2.45) is 0 Å². The molecule has 1 unspecified atom stereocenters. The monoisotopic (exact) mass is 304 g/mol. The summed E-state index contributed by atoms with van der Waals surface area (Å²) in [5, 5.41) is 11.0. The van der Waals surface area contributed by atoms with Crippen molar-refractivity contribution < 1.29 is 4.79 Å². The molecule has 1 aliphatic carbocycles. The van der Waals surface area contributed by atoms with E-state index < -0.39 is 0 Å². The zero-order valence-corrected chi connectivity index (χ0v) is 12.5. The van der Waals surface area contributed by atoms with Gasteiger partial charge in [-0.3, -0.25) is 9.48 Å². The highest BCUT2D eigenvalue weighted by Crippen LogP contribution is 2.35. The highest BCUT2D eigenvalue weighted by molar-refractivity contribution is 6.30. The number of anilines is 1. The van der Waals surface area contributed by atoms with Gasteiger partial charge < -0.3 is 10.6 Å². The summed E-state index contributed by atoms with van der Waals surface area (Å²) >= 11 is 6.03. The van der Waals surface area contributed by atoms with E-state index in [1.807, 2.05) is 18.3 Å². The van der Waals surface area contributed by atoms with Crippen LogP contribution in [0.25, 0.3) is 0 Å². The number of likely N-dealkylation sites (N-methyl/N-ethyl adjacent to an activating group) is 1. The normalized spacial score (nSPS) is 16.6. The Morgan fingerprint density at radius 1 is 1.52 bits per heavy atom. The van der Waals surface area contributed by atoms with Crippen molar-refractivity contribution in [3.05, 3.63) is 46.7 Å². The third-order valence-corrected chi connectivity index (χ3v) is 3.98. The van der Waals surface area contributed by atoms with Gasteiger partial charge in [0.2, 0.25) is 5.91 Å². The van der Waals surface area contributed by atoms with Gasteiger partial charge in [-0.1, -0.05) is 17.7 Å². The number of hydrogen-bond acceptors (Lipinski definition) is 3. The third-order valence-electron chi connectivity index (χ3n) is 3.74. The summed E-state index contributed by atoms with van der Waals surface area (Å²) in [6.45, 7) is 0.231. The van der Waals surface area contributed by atoms with Crippen molar-refractivity contribution in [2.75, 3.05) is 12.4 Å². The average molecular weight is 305 g/mol. The molecule has 5 nitrogen and oxygen atoms in total. The van der Waals surface area contributed by atoms with Crippen LogP contribution in [-0.2, 0) is 17.8 Å². The van der Waals surface area contributed by atoms with E-state index in [2.05, 4.69) is 21.8 Å². The lowest BCUT2D eigenvalue weighted by Gasteiger charge is -2.13. The Morgan fingerprint density at radius 3 is 3.19 bits per heavy atom. The van der Waals surface area contributed by atoms with Crippen molar-refractivity contribution in [3.8, 4) is 0 Å². The van der Waals surface area contributed by atoms with Crippen molar-refractivity contribution in [1.29, 1.82) is 0 Å². The maximum absolute atomic E-state index is 11.3. The molecule has 6 heteroatoms. The molecule has 0 aliphatic heterocycles. The van der Waals surface area contributed by atoms with E-state index in [0.29, 0.717) is 0 Å². The molecule has 0 saturated carbocycles. The Balaban J connectivity index is 1.70. The van der Waals surface area contributed by atoms with Gasteiger partial charge in [-0.25, -0.2) is 0 Å². The zero-order chi connectivity index (χ0) is 14.8. The summed E-state index contributed by atoms with van der Waals surface area (Å²) in [7, 11) is 1.62. The van der Waals surface area contributed by atoms with E-state index in [1.54, 1.807) is 17.9 Å². The van der Waals surface area contributed by atoms with Crippen LogP contribution >= 0.6 is 11.6 Å². The molecule has 0 radical (unpaired) electrons. The predicted molar refractivity (Wildman–Crippen MR) is 82.4 cm³/mol. The highest BCUT2D eigenvalue weighted by Gasteiger charge is 2.22. The smallest absolute Gasteiger partial charge is 0.241 e. The fraction of sp³-hybridized carbons (Fsp3) is 0.333. The fourth-order valence-electron chi connectivity index (χ4n) is 2.69. The molecule has 110 valence electrons. The molecule has 0 bridgehead atoms. The summed E-state index contributed by atoms with van der Waals surface area (Å²) in [5.41, 5.74) is 3.52. The SMILES string of the molecule is CNC(=O)Cn1cc(NC2CCc3cc(Cl)ccc32)cn1. The molecule has 0 spiro atoms. The molecule has 0 fully saturated rings. The lowest BCUT2D eigenvalue weighted by atomic mass is 10.1. The standard InChI is InChI=1S/C15H17ClN4O/c1-17-15(21)9-20-8-12(7-18-20)19-14-5-2-10-6-11(16)3-4-13(10)14/h3-4,6-8,14,19H,2,5,9H2,1H3,(H,17,21). The molecular formula is C15H17ClN4O. The number of rotatable bonds is 4. The summed E-state index contributed by atoms with van der Waals surface area (Å²) in [6, 6.07) is 6.31. The lowest BCUT2D eigenvalue weighted by Crippen LogP contribution is -2.23. The second kappa shape index (κ2) is 5.77. The van der Waals surface area contributed by atoms with Crippen LogP contribution in [0, 0.1) is 0 Å². The van der Waals surface area contributed by atoms with Crippen LogP contribution < -0.4 is 10.6 Å². The molecular weight excluding hydrogens is 288 g/mol. The molecule has 1 aromatic carbocycles. The van der Waals surface area contributed by atoms with Crippen LogP contribution in [0.4, 0.5) is 5.69 Å². The number of halogens is 1. The zero-order valence-electron chi connectivity index (χ0n) is 11.8. The van der Waals surface area contributed by atoms with Gasteiger partial charge in [-0.2, -0.15) is 5.10 Å². The number of carbonyl (C=O) groups excluding carboxylic acids is 1. The molecule has 1 amide bonds. The largest absolute Gasteiger partial charge is 0.376 e. The van der Waals surface area contributed by atoms with E-state index in [-0.39, 0.29) is 18.5 Å². The Morgan fingerprint density at radius 2 is 2.38 bits per heavy atom. The minimum atomic E-state index is -0.0643. The predicted octanol–water partition coefficient (Wildman–Crippen LogP) is 2.38. The van der Waals surface area contributed by atoms with Gasteiger partial charge in [0.05, 0.1) is 17.9 Å². The van der Waals surface area contributed by atoms with E-state index in [4.69, 9.17) is 11.6 Å². The minimum Gasteiger partial charge on any atom is -0.376 e. The second-order valence-electron chi connectivity index (χ2n) is 5.18.